The van der Waals surface area contributed by atoms with Crippen molar-refractivity contribution in [2.75, 3.05) is 0 Å². The van der Waals surface area contributed by atoms with Gasteiger partial charge in [0.1, 0.15) is 17.2 Å². The molecule has 0 aliphatic heterocycles. The molecular weight excluding hydrogens is 762 g/mol. The van der Waals surface area contributed by atoms with Gasteiger partial charge in [-0.05, 0) is 103 Å². The Kier molecular flexibility index (Phi) is 17.7. The molecule has 6 rings (SSSR count). The number of phenolic OH excluding ortho intramolecular Hbond substituents is 1. The molecule has 12 heteroatoms. The summed E-state index contributed by atoms with van der Waals surface area (Å²) in [6.45, 7) is 6.87. The Balaban J connectivity index is 0.000000258. The van der Waals surface area contributed by atoms with Crippen molar-refractivity contribution in [2.24, 2.45) is 0 Å². The zero-order valence-corrected chi connectivity index (χ0v) is 31.0. The molecule has 0 aliphatic rings. The van der Waals surface area contributed by atoms with Crippen LogP contribution in [-0.4, -0.2) is 52.7 Å². The molecule has 2 radical (unpaired) electrons. The molecule has 0 aliphatic carbocycles. The van der Waals surface area contributed by atoms with Gasteiger partial charge in [-0.25, -0.2) is 0 Å². The van der Waals surface area contributed by atoms with Gasteiger partial charge in [0.25, 0.3) is 0 Å². The van der Waals surface area contributed by atoms with Crippen molar-refractivity contribution in [1.29, 1.82) is 0 Å². The predicted molar refractivity (Wildman–Crippen MR) is 210 cm³/mol. The largest absolute Gasteiger partial charge is 0.508 e. The van der Waals surface area contributed by atoms with Gasteiger partial charge in [-0.1, -0.05) is 62.9 Å². The van der Waals surface area contributed by atoms with E-state index in [0.717, 1.165) is 49.4 Å². The molecule has 8 nitrogen and oxygen atoms in total. The van der Waals surface area contributed by atoms with Crippen LogP contribution in [0.3, 0.4) is 0 Å². The lowest BCUT2D eigenvalue weighted by molar-refractivity contribution is 0.111. The monoisotopic (exact) mass is 794 g/mol. The van der Waals surface area contributed by atoms with Crippen LogP contribution in [0.2, 0.25) is 6.82 Å². The average molecular weight is 796 g/mol. The normalized spacial score (nSPS) is 9.50. The number of hydrogen-bond donors (Lipinski definition) is 3. The summed E-state index contributed by atoms with van der Waals surface area (Å²) in [6, 6.07) is 25.2. The van der Waals surface area contributed by atoms with Crippen LogP contribution >= 0.6 is 31.9 Å². The van der Waals surface area contributed by atoms with E-state index < -0.39 is 7.12 Å². The number of hydrogen-bond acceptors (Lipinski definition) is 8. The van der Waals surface area contributed by atoms with Crippen LogP contribution in [0.1, 0.15) is 38.8 Å². The van der Waals surface area contributed by atoms with Gasteiger partial charge < -0.3 is 19.9 Å². The summed E-state index contributed by atoms with van der Waals surface area (Å²) in [5.41, 5.74) is 4.87. The molecule has 0 amide bonds. The maximum Gasteiger partial charge on any atom is 0.489 e. The zero-order chi connectivity index (χ0) is 37.2. The number of aromatic hydroxyl groups is 1. The molecule has 0 saturated carbocycles. The fourth-order valence-electron chi connectivity index (χ4n) is 4.27. The molecule has 6 aromatic rings. The first-order valence-electron chi connectivity index (χ1n) is 14.9. The van der Waals surface area contributed by atoms with Crippen LogP contribution in [-0.2, 0) is 0 Å². The molecule has 2 heterocycles. The number of carbonyl (C=O) groups excluding carboxylic acids is 2. The van der Waals surface area contributed by atoms with Crippen molar-refractivity contribution >= 4 is 86.7 Å². The molecule has 0 unspecified atom stereocenters. The molecular formula is C38H34B2Br2N2O6. The summed E-state index contributed by atoms with van der Waals surface area (Å²) < 4.78 is 7.48. The van der Waals surface area contributed by atoms with Crippen molar-refractivity contribution in [1.82, 2.24) is 9.97 Å². The molecule has 0 saturated heterocycles. The highest BCUT2D eigenvalue weighted by atomic mass is 79.9. The highest BCUT2D eigenvalue weighted by Crippen LogP contribution is 2.33. The Morgan fingerprint density at radius 3 is 1.82 bits per heavy atom. The van der Waals surface area contributed by atoms with E-state index in [1.54, 1.807) is 56.6 Å². The van der Waals surface area contributed by atoms with E-state index >= 15 is 0 Å². The lowest BCUT2D eigenvalue weighted by atomic mass is 9.78. The standard InChI is InChI=1S/C17H12BrNO2.C9H8BNO2.C8H7BrO2.C3H4.CH3B/c1-11-8-14(18)12(10-20)9-17(11)21-16-6-2-5-15-13(16)4-3-7-19-15;12-10(13)8-4-1-5-9-7(8)3-2-6-11-9;1-5-2-7(9)6(4-10)3-8(5)11;1-3-2;1-2/h2-10H,1H3;1-6,12-13H;2-4,11H,1H3;1H,2H3;1H3. The third-order valence-electron chi connectivity index (χ3n) is 6.65. The van der Waals surface area contributed by atoms with Gasteiger partial charge in [-0.3, -0.25) is 19.6 Å². The summed E-state index contributed by atoms with van der Waals surface area (Å²) in [7, 11) is 3.06. The van der Waals surface area contributed by atoms with Crippen LogP contribution < -0.4 is 10.2 Å². The first-order valence-corrected chi connectivity index (χ1v) is 16.5. The lowest BCUT2D eigenvalue weighted by Crippen LogP contribution is -2.30. The Bertz CT molecular complexity index is 2080. The van der Waals surface area contributed by atoms with E-state index in [2.05, 4.69) is 62.0 Å². The maximum atomic E-state index is 11.1. The zero-order valence-electron chi connectivity index (χ0n) is 27.8. The fourth-order valence-corrected chi connectivity index (χ4v) is 5.37. The van der Waals surface area contributed by atoms with E-state index in [0.29, 0.717) is 33.1 Å². The van der Waals surface area contributed by atoms with E-state index in [1.165, 1.54) is 12.9 Å². The van der Waals surface area contributed by atoms with Crippen LogP contribution in [0.5, 0.6) is 17.2 Å². The SMILES string of the molecule is C#CC.Cc1cc(Br)c(C=O)cc1O.Cc1cc(Br)c(C=O)cc1Oc1cccc2ncccc12.OB(O)c1cccc2ncccc12.[B]C. The number of pyridine rings is 2. The van der Waals surface area contributed by atoms with Crippen LogP contribution in [0.15, 0.2) is 106 Å². The first-order chi connectivity index (χ1) is 24.0. The van der Waals surface area contributed by atoms with Crippen LogP contribution in [0.4, 0.5) is 0 Å². The Hall–Kier alpha value is -4.79. The smallest absolute Gasteiger partial charge is 0.489 e. The second kappa shape index (κ2) is 21.3. The van der Waals surface area contributed by atoms with Crippen molar-refractivity contribution in [3.63, 3.8) is 0 Å². The Labute approximate surface area is 310 Å². The van der Waals surface area contributed by atoms with Gasteiger partial charge in [-0.2, -0.15) is 0 Å². The third-order valence-corrected chi connectivity index (χ3v) is 8.02. The van der Waals surface area contributed by atoms with Crippen molar-refractivity contribution in [2.45, 2.75) is 27.6 Å². The molecule has 4 aromatic carbocycles. The summed E-state index contributed by atoms with van der Waals surface area (Å²) in [6.07, 6.45) is 9.53. The summed E-state index contributed by atoms with van der Waals surface area (Å²) in [5, 5.41) is 29.0. The topological polar surface area (TPSA) is 130 Å². The second-order valence-electron chi connectivity index (χ2n) is 10.0. The number of rotatable bonds is 5. The number of phenols is 1. The Morgan fingerprint density at radius 2 is 1.26 bits per heavy atom. The highest BCUT2D eigenvalue weighted by Gasteiger charge is 2.14. The van der Waals surface area contributed by atoms with Gasteiger partial charge in [0.05, 0.1) is 18.9 Å². The summed E-state index contributed by atoms with van der Waals surface area (Å²) in [4.78, 5) is 29.8. The number of carbonyl (C=O) groups is 2. The number of terminal acetylenes is 1. The number of aryl methyl sites for hydroxylation is 2. The van der Waals surface area contributed by atoms with Crippen molar-refractivity contribution < 1.29 is 29.5 Å². The maximum absolute atomic E-state index is 11.1. The minimum Gasteiger partial charge on any atom is -0.508 e. The van der Waals surface area contributed by atoms with Gasteiger partial charge in [0.2, 0.25) is 0 Å². The van der Waals surface area contributed by atoms with E-state index in [-0.39, 0.29) is 5.75 Å². The van der Waals surface area contributed by atoms with Gasteiger partial charge in [0.15, 0.2) is 12.6 Å². The van der Waals surface area contributed by atoms with Crippen molar-refractivity contribution in [3.05, 3.63) is 129 Å². The minimum atomic E-state index is -1.44. The van der Waals surface area contributed by atoms with Crippen LogP contribution in [0.25, 0.3) is 21.8 Å². The van der Waals surface area contributed by atoms with E-state index in [9.17, 15) is 14.7 Å². The molecule has 252 valence electrons. The molecule has 0 bridgehead atoms. The van der Waals surface area contributed by atoms with Gasteiger partial charge in [0, 0.05) is 37.9 Å². The van der Waals surface area contributed by atoms with Gasteiger partial charge in [-0.15, -0.1) is 12.3 Å². The van der Waals surface area contributed by atoms with Gasteiger partial charge >= 0.3 is 7.12 Å². The fraction of sp³-hybridized carbons (Fsp3) is 0.105. The quantitative estimate of drug-likeness (QED) is 0.0912. The molecule has 50 heavy (non-hydrogen) atoms. The lowest BCUT2D eigenvalue weighted by Gasteiger charge is -2.12. The third kappa shape index (κ3) is 11.7. The number of aldehydes is 2. The average Bonchev–Trinajstić information content (AvgIpc) is 3.12. The minimum absolute atomic E-state index is 0.148. The number of aromatic nitrogens is 2. The van der Waals surface area contributed by atoms with Crippen molar-refractivity contribution in [3.8, 4) is 29.6 Å². The molecule has 2 aromatic heterocycles. The van der Waals surface area contributed by atoms with Crippen LogP contribution in [0, 0.1) is 26.2 Å². The molecule has 3 N–H and O–H groups in total. The summed E-state index contributed by atoms with van der Waals surface area (Å²) in [5.74, 6) is 3.79. The number of ether oxygens (including phenoxy) is 1. The predicted octanol–water partition coefficient (Wildman–Crippen LogP) is 7.94. The first kappa shape index (κ1) is 41.4. The molecule has 0 spiro atoms. The number of halogens is 2. The second-order valence-corrected chi connectivity index (χ2v) is 11.8. The van der Waals surface area contributed by atoms with E-state index in [1.807, 2.05) is 55.5 Å². The highest BCUT2D eigenvalue weighted by molar-refractivity contribution is 9.10. The molecule has 0 fully saturated rings. The van der Waals surface area contributed by atoms with E-state index in [4.69, 9.17) is 14.8 Å². The number of benzene rings is 4. The number of nitrogens with zero attached hydrogens (tertiary/aromatic N) is 2. The molecule has 0 atom stereocenters. The summed E-state index contributed by atoms with van der Waals surface area (Å²) >= 11 is 6.57. The number of fused-ring (bicyclic) bond motifs is 2. The Morgan fingerprint density at radius 1 is 0.760 bits per heavy atom.